The first-order valence-corrected chi connectivity index (χ1v) is 8.99. The van der Waals surface area contributed by atoms with E-state index in [4.69, 9.17) is 0 Å². The molecule has 2 aromatic carbocycles. The average molecular weight is 345 g/mol. The Hall–Kier alpha value is -3.08. The quantitative estimate of drug-likeness (QED) is 0.711. The predicted molar refractivity (Wildman–Crippen MR) is 100 cm³/mol. The van der Waals surface area contributed by atoms with Crippen LogP contribution in [0.3, 0.4) is 0 Å². The van der Waals surface area contributed by atoms with Gasteiger partial charge in [0, 0.05) is 59.3 Å². The van der Waals surface area contributed by atoms with Crippen LogP contribution in [0.15, 0.2) is 42.5 Å². The van der Waals surface area contributed by atoms with Gasteiger partial charge in [-0.25, -0.2) is 0 Å². The zero-order chi connectivity index (χ0) is 17.7. The van der Waals surface area contributed by atoms with Gasteiger partial charge in [0.05, 0.1) is 0 Å². The van der Waals surface area contributed by atoms with Crippen LogP contribution in [0.25, 0.3) is 10.9 Å². The number of aromatic amines is 1. The number of rotatable bonds is 1. The zero-order valence-electron chi connectivity index (χ0n) is 14.3. The van der Waals surface area contributed by atoms with E-state index in [0.717, 1.165) is 23.2 Å². The molecule has 0 radical (unpaired) electrons. The number of benzene rings is 2. The Morgan fingerprint density at radius 3 is 2.85 bits per heavy atom. The Bertz CT molecular complexity index is 1050. The number of H-pyrrole nitrogens is 1. The molecule has 0 unspecified atom stereocenters. The van der Waals surface area contributed by atoms with Gasteiger partial charge in [-0.1, -0.05) is 18.2 Å². The summed E-state index contributed by atoms with van der Waals surface area (Å²) in [7, 11) is 0. The number of aromatic nitrogens is 1. The van der Waals surface area contributed by atoms with Gasteiger partial charge in [-0.3, -0.25) is 9.59 Å². The molecule has 5 heteroatoms. The first-order chi connectivity index (χ1) is 12.7. The first-order valence-electron chi connectivity index (χ1n) is 8.99. The van der Waals surface area contributed by atoms with Gasteiger partial charge in [0.2, 0.25) is 5.91 Å². The Labute approximate surface area is 151 Å². The Morgan fingerprint density at radius 2 is 1.92 bits per heavy atom. The molecule has 3 aromatic rings. The van der Waals surface area contributed by atoms with Crippen molar-refractivity contribution in [2.24, 2.45) is 0 Å². The van der Waals surface area contributed by atoms with E-state index in [1.165, 1.54) is 16.6 Å². The van der Waals surface area contributed by atoms with Gasteiger partial charge in [-0.05, 0) is 36.2 Å². The van der Waals surface area contributed by atoms with Gasteiger partial charge in [0.1, 0.15) is 0 Å². The summed E-state index contributed by atoms with van der Waals surface area (Å²) < 4.78 is 0. The molecule has 5 nitrogen and oxygen atoms in total. The Kier molecular flexibility index (Phi) is 3.35. The standard InChI is InChI=1S/C21H19N3O2/c25-20-8-6-13-11-14(5-7-17(13)23-20)21(26)24-10-9-19-16(12-24)15-3-1-2-4-18(15)22-19/h1-5,7,11,22H,6,8-10,12H2,(H,23,25). The van der Waals surface area contributed by atoms with Gasteiger partial charge in [-0.2, -0.15) is 0 Å². The molecule has 5 rings (SSSR count). The molecule has 0 atom stereocenters. The number of hydrogen-bond acceptors (Lipinski definition) is 2. The molecule has 0 fully saturated rings. The lowest BCUT2D eigenvalue weighted by molar-refractivity contribution is -0.116. The van der Waals surface area contributed by atoms with Crippen molar-refractivity contribution in [3.63, 3.8) is 0 Å². The fourth-order valence-electron chi connectivity index (χ4n) is 4.04. The third-order valence-corrected chi connectivity index (χ3v) is 5.42. The van der Waals surface area contributed by atoms with Crippen LogP contribution in [0.4, 0.5) is 5.69 Å². The molecule has 130 valence electrons. The molecule has 0 bridgehead atoms. The summed E-state index contributed by atoms with van der Waals surface area (Å²) in [6, 6.07) is 13.9. The molecule has 2 amide bonds. The SMILES string of the molecule is O=C1CCc2cc(C(=O)N3CCc4[nH]c5ccccc5c4C3)ccc2N1. The molecule has 1 aromatic heterocycles. The van der Waals surface area contributed by atoms with Crippen LogP contribution >= 0.6 is 0 Å². The number of fused-ring (bicyclic) bond motifs is 4. The van der Waals surface area contributed by atoms with Crippen molar-refractivity contribution in [3.05, 3.63) is 64.8 Å². The second-order valence-electron chi connectivity index (χ2n) is 7.02. The van der Waals surface area contributed by atoms with E-state index in [9.17, 15) is 9.59 Å². The maximum atomic E-state index is 13.0. The monoisotopic (exact) mass is 345 g/mol. The largest absolute Gasteiger partial charge is 0.358 e. The maximum absolute atomic E-state index is 13.0. The molecule has 0 saturated heterocycles. The third kappa shape index (κ3) is 2.39. The van der Waals surface area contributed by atoms with Crippen LogP contribution in [-0.2, 0) is 24.2 Å². The summed E-state index contributed by atoms with van der Waals surface area (Å²) in [6.45, 7) is 1.35. The number of nitrogens with zero attached hydrogens (tertiary/aromatic N) is 1. The highest BCUT2D eigenvalue weighted by Crippen LogP contribution is 2.29. The van der Waals surface area contributed by atoms with Crippen LogP contribution in [0, 0.1) is 0 Å². The predicted octanol–water partition coefficient (Wildman–Crippen LogP) is 3.25. The summed E-state index contributed by atoms with van der Waals surface area (Å²) in [5.74, 6) is 0.0973. The lowest BCUT2D eigenvalue weighted by atomic mass is 9.99. The van der Waals surface area contributed by atoms with Gasteiger partial charge >= 0.3 is 0 Å². The van der Waals surface area contributed by atoms with Crippen LogP contribution in [0.5, 0.6) is 0 Å². The number of amides is 2. The summed E-state index contributed by atoms with van der Waals surface area (Å²) in [4.78, 5) is 30.0. The van der Waals surface area contributed by atoms with Crippen LogP contribution in [0.2, 0.25) is 0 Å². The van der Waals surface area contributed by atoms with Crippen molar-refractivity contribution in [2.75, 3.05) is 11.9 Å². The van der Waals surface area contributed by atoms with Gasteiger partial charge in [0.25, 0.3) is 5.91 Å². The molecule has 0 saturated carbocycles. The molecular formula is C21H19N3O2. The highest BCUT2D eigenvalue weighted by Gasteiger charge is 2.25. The van der Waals surface area contributed by atoms with Crippen molar-refractivity contribution in [1.82, 2.24) is 9.88 Å². The number of para-hydroxylation sites is 1. The number of aryl methyl sites for hydroxylation is 1. The fraction of sp³-hybridized carbons (Fsp3) is 0.238. The molecule has 2 aliphatic heterocycles. The van der Waals surface area contributed by atoms with Crippen molar-refractivity contribution in [2.45, 2.75) is 25.8 Å². The Balaban J connectivity index is 1.44. The summed E-state index contributed by atoms with van der Waals surface area (Å²) >= 11 is 0. The van der Waals surface area contributed by atoms with E-state index >= 15 is 0 Å². The molecular weight excluding hydrogens is 326 g/mol. The van der Waals surface area contributed by atoms with E-state index in [1.807, 2.05) is 35.2 Å². The topological polar surface area (TPSA) is 65.2 Å². The first kappa shape index (κ1) is 15.2. The van der Waals surface area contributed by atoms with Crippen LogP contribution in [-0.4, -0.2) is 28.2 Å². The van der Waals surface area contributed by atoms with E-state index in [1.54, 1.807) is 0 Å². The zero-order valence-corrected chi connectivity index (χ0v) is 14.3. The molecule has 2 N–H and O–H groups in total. The normalized spacial score (nSPS) is 16.2. The van der Waals surface area contributed by atoms with Gasteiger partial charge in [-0.15, -0.1) is 0 Å². The summed E-state index contributed by atoms with van der Waals surface area (Å²) in [5, 5.41) is 4.07. The summed E-state index contributed by atoms with van der Waals surface area (Å²) in [5.41, 5.74) is 6.17. The highest BCUT2D eigenvalue weighted by atomic mass is 16.2. The second kappa shape index (κ2) is 5.73. The lowest BCUT2D eigenvalue weighted by Gasteiger charge is -2.28. The maximum Gasteiger partial charge on any atom is 0.254 e. The van der Waals surface area contributed by atoms with Gasteiger partial charge < -0.3 is 15.2 Å². The molecule has 3 heterocycles. The smallest absolute Gasteiger partial charge is 0.254 e. The Morgan fingerprint density at radius 1 is 1.04 bits per heavy atom. The lowest BCUT2D eigenvalue weighted by Crippen LogP contribution is -2.36. The van der Waals surface area contributed by atoms with Crippen LogP contribution < -0.4 is 5.32 Å². The van der Waals surface area contributed by atoms with E-state index in [2.05, 4.69) is 22.4 Å². The van der Waals surface area contributed by atoms with E-state index in [-0.39, 0.29) is 11.8 Å². The molecule has 0 aliphatic carbocycles. The van der Waals surface area contributed by atoms with Crippen molar-refractivity contribution in [1.29, 1.82) is 0 Å². The van der Waals surface area contributed by atoms with Crippen molar-refractivity contribution < 1.29 is 9.59 Å². The minimum atomic E-state index is 0.0412. The number of carbonyl (C=O) groups excluding carboxylic acids is 2. The van der Waals surface area contributed by atoms with Crippen LogP contribution in [0.1, 0.15) is 33.6 Å². The molecule has 2 aliphatic rings. The number of hydrogen-bond donors (Lipinski definition) is 2. The summed E-state index contributed by atoms with van der Waals surface area (Å²) in [6.07, 6.45) is 2.01. The fourth-order valence-corrected chi connectivity index (χ4v) is 4.04. The highest BCUT2D eigenvalue weighted by molar-refractivity contribution is 5.98. The second-order valence-corrected chi connectivity index (χ2v) is 7.02. The minimum Gasteiger partial charge on any atom is -0.358 e. The minimum absolute atomic E-state index is 0.0412. The van der Waals surface area contributed by atoms with Gasteiger partial charge in [0.15, 0.2) is 0 Å². The average Bonchev–Trinajstić information content (AvgIpc) is 3.05. The third-order valence-electron chi connectivity index (χ3n) is 5.42. The van der Waals surface area contributed by atoms with E-state index in [0.29, 0.717) is 31.5 Å². The van der Waals surface area contributed by atoms with E-state index < -0.39 is 0 Å². The van der Waals surface area contributed by atoms with Crippen molar-refractivity contribution in [3.8, 4) is 0 Å². The number of carbonyl (C=O) groups is 2. The number of anilines is 1. The number of nitrogens with one attached hydrogen (secondary N) is 2. The van der Waals surface area contributed by atoms with Crippen molar-refractivity contribution >= 4 is 28.4 Å². The molecule has 26 heavy (non-hydrogen) atoms. The molecule has 0 spiro atoms.